The molecule has 0 heterocycles. The second-order valence-corrected chi connectivity index (χ2v) is 4.67. The first-order chi connectivity index (χ1) is 8.19. The molecule has 0 aliphatic carbocycles. The second-order valence-electron chi connectivity index (χ2n) is 4.67. The van der Waals surface area contributed by atoms with Crippen LogP contribution in [0.1, 0.15) is 38.7 Å². The third-order valence-corrected chi connectivity index (χ3v) is 3.11. The summed E-state index contributed by atoms with van der Waals surface area (Å²) in [4.78, 5) is 0. The van der Waals surface area contributed by atoms with Crippen LogP contribution in [-0.4, -0.2) is 20.3 Å². The molecular formula is C15H24O2. The summed E-state index contributed by atoms with van der Waals surface area (Å²) in [5.41, 5.74) is 1.40. The molecule has 96 valence electrons. The number of methoxy groups -OCH3 is 1. The van der Waals surface area contributed by atoms with Gasteiger partial charge in [-0.25, -0.2) is 0 Å². The molecule has 1 atom stereocenters. The largest absolute Gasteiger partial charge is 0.491 e. The molecule has 0 aliphatic heterocycles. The van der Waals surface area contributed by atoms with Crippen molar-refractivity contribution in [1.29, 1.82) is 0 Å². The standard InChI is InChI=1S/C15H24O2/c1-5-15(12(2)3)13-6-8-14(9-7-13)17-11-10-16-4/h6-9,12,15H,5,10-11H2,1-4H3. The zero-order valence-corrected chi connectivity index (χ0v) is 11.4. The average Bonchev–Trinajstić information content (AvgIpc) is 2.32. The van der Waals surface area contributed by atoms with E-state index in [0.717, 1.165) is 5.75 Å². The maximum atomic E-state index is 5.55. The van der Waals surface area contributed by atoms with Gasteiger partial charge >= 0.3 is 0 Å². The van der Waals surface area contributed by atoms with Gasteiger partial charge in [-0.05, 0) is 36.0 Å². The molecule has 0 aliphatic rings. The van der Waals surface area contributed by atoms with Crippen LogP contribution in [0.3, 0.4) is 0 Å². The van der Waals surface area contributed by atoms with E-state index >= 15 is 0 Å². The fraction of sp³-hybridized carbons (Fsp3) is 0.600. The van der Waals surface area contributed by atoms with Crippen LogP contribution in [-0.2, 0) is 4.74 Å². The predicted molar refractivity (Wildman–Crippen MR) is 71.7 cm³/mol. The number of hydrogen-bond donors (Lipinski definition) is 0. The molecule has 0 amide bonds. The Labute approximate surface area is 105 Å². The first kappa shape index (κ1) is 14.0. The van der Waals surface area contributed by atoms with Crippen molar-refractivity contribution in [2.75, 3.05) is 20.3 Å². The van der Waals surface area contributed by atoms with Gasteiger partial charge in [0.05, 0.1) is 6.61 Å². The van der Waals surface area contributed by atoms with E-state index < -0.39 is 0 Å². The quantitative estimate of drug-likeness (QED) is 0.669. The SMILES string of the molecule is CCC(c1ccc(OCCOC)cc1)C(C)C. The van der Waals surface area contributed by atoms with E-state index in [0.29, 0.717) is 25.0 Å². The Hall–Kier alpha value is -1.02. The minimum absolute atomic E-state index is 0.608. The van der Waals surface area contributed by atoms with E-state index in [-0.39, 0.29) is 0 Å². The molecule has 0 fully saturated rings. The smallest absolute Gasteiger partial charge is 0.119 e. The van der Waals surface area contributed by atoms with Gasteiger partial charge in [0.25, 0.3) is 0 Å². The van der Waals surface area contributed by atoms with Crippen molar-refractivity contribution in [2.24, 2.45) is 5.92 Å². The lowest BCUT2D eigenvalue weighted by Gasteiger charge is -2.19. The Balaban J connectivity index is 2.60. The first-order valence-corrected chi connectivity index (χ1v) is 6.40. The van der Waals surface area contributed by atoms with E-state index in [4.69, 9.17) is 9.47 Å². The van der Waals surface area contributed by atoms with Crippen molar-refractivity contribution in [3.63, 3.8) is 0 Å². The van der Waals surface area contributed by atoms with Gasteiger partial charge in [0.15, 0.2) is 0 Å². The molecule has 1 rings (SSSR count). The third-order valence-electron chi connectivity index (χ3n) is 3.11. The molecule has 1 aromatic carbocycles. The maximum absolute atomic E-state index is 5.55. The van der Waals surface area contributed by atoms with Crippen molar-refractivity contribution < 1.29 is 9.47 Å². The van der Waals surface area contributed by atoms with Crippen molar-refractivity contribution in [1.82, 2.24) is 0 Å². The minimum atomic E-state index is 0.608. The topological polar surface area (TPSA) is 18.5 Å². The minimum Gasteiger partial charge on any atom is -0.491 e. The van der Waals surface area contributed by atoms with Crippen LogP contribution in [0.25, 0.3) is 0 Å². The van der Waals surface area contributed by atoms with Gasteiger partial charge in [0.1, 0.15) is 12.4 Å². The van der Waals surface area contributed by atoms with Crippen LogP contribution >= 0.6 is 0 Å². The normalized spacial score (nSPS) is 12.8. The lowest BCUT2D eigenvalue weighted by molar-refractivity contribution is 0.146. The van der Waals surface area contributed by atoms with E-state index in [9.17, 15) is 0 Å². The van der Waals surface area contributed by atoms with Crippen molar-refractivity contribution in [3.05, 3.63) is 29.8 Å². The van der Waals surface area contributed by atoms with Gasteiger partial charge in [-0.15, -0.1) is 0 Å². The highest BCUT2D eigenvalue weighted by Gasteiger charge is 2.13. The summed E-state index contributed by atoms with van der Waals surface area (Å²) in [6, 6.07) is 8.46. The van der Waals surface area contributed by atoms with Crippen molar-refractivity contribution in [3.8, 4) is 5.75 Å². The van der Waals surface area contributed by atoms with Crippen LogP contribution in [0.4, 0.5) is 0 Å². The predicted octanol–water partition coefficient (Wildman–Crippen LogP) is 3.86. The highest BCUT2D eigenvalue weighted by molar-refractivity contribution is 5.29. The molecule has 1 unspecified atom stereocenters. The Bertz CT molecular complexity index is 303. The Kier molecular flexibility index (Phi) is 6.06. The summed E-state index contributed by atoms with van der Waals surface area (Å²) < 4.78 is 10.5. The number of rotatable bonds is 7. The van der Waals surface area contributed by atoms with Crippen LogP contribution in [0.15, 0.2) is 24.3 Å². The molecule has 2 nitrogen and oxygen atoms in total. The maximum Gasteiger partial charge on any atom is 0.119 e. The fourth-order valence-electron chi connectivity index (χ4n) is 2.15. The molecule has 0 bridgehead atoms. The lowest BCUT2D eigenvalue weighted by atomic mass is 9.86. The number of benzene rings is 1. The van der Waals surface area contributed by atoms with E-state index in [2.05, 4.69) is 45.0 Å². The summed E-state index contributed by atoms with van der Waals surface area (Å²) in [5.74, 6) is 2.24. The van der Waals surface area contributed by atoms with Gasteiger partial charge in [-0.2, -0.15) is 0 Å². The van der Waals surface area contributed by atoms with Crippen molar-refractivity contribution >= 4 is 0 Å². The highest BCUT2D eigenvalue weighted by atomic mass is 16.5. The summed E-state index contributed by atoms with van der Waals surface area (Å²) >= 11 is 0. The zero-order chi connectivity index (χ0) is 12.7. The van der Waals surface area contributed by atoms with Gasteiger partial charge in [0.2, 0.25) is 0 Å². The molecule has 1 aromatic rings. The van der Waals surface area contributed by atoms with E-state index in [1.807, 2.05) is 0 Å². The molecule has 0 saturated heterocycles. The Morgan fingerprint density at radius 1 is 1.06 bits per heavy atom. The van der Waals surface area contributed by atoms with Crippen LogP contribution < -0.4 is 4.74 Å². The summed E-state index contributed by atoms with van der Waals surface area (Å²) in [6.45, 7) is 8.03. The molecule has 0 saturated carbocycles. The van der Waals surface area contributed by atoms with Crippen LogP contribution in [0, 0.1) is 5.92 Å². The average molecular weight is 236 g/mol. The molecule has 0 N–H and O–H groups in total. The Morgan fingerprint density at radius 2 is 1.71 bits per heavy atom. The fourth-order valence-corrected chi connectivity index (χ4v) is 2.15. The summed E-state index contributed by atoms with van der Waals surface area (Å²) in [7, 11) is 1.68. The molecule has 0 radical (unpaired) electrons. The summed E-state index contributed by atoms with van der Waals surface area (Å²) in [5, 5.41) is 0. The van der Waals surface area contributed by atoms with Gasteiger partial charge in [-0.1, -0.05) is 32.9 Å². The van der Waals surface area contributed by atoms with Crippen LogP contribution in [0.2, 0.25) is 0 Å². The third kappa shape index (κ3) is 4.39. The van der Waals surface area contributed by atoms with E-state index in [1.165, 1.54) is 12.0 Å². The van der Waals surface area contributed by atoms with E-state index in [1.54, 1.807) is 7.11 Å². The molecule has 17 heavy (non-hydrogen) atoms. The number of hydrogen-bond acceptors (Lipinski definition) is 2. The van der Waals surface area contributed by atoms with Gasteiger partial charge in [0, 0.05) is 7.11 Å². The molecule has 0 aromatic heterocycles. The van der Waals surface area contributed by atoms with Gasteiger partial charge in [-0.3, -0.25) is 0 Å². The zero-order valence-electron chi connectivity index (χ0n) is 11.4. The summed E-state index contributed by atoms with van der Waals surface area (Å²) in [6.07, 6.45) is 1.18. The monoisotopic (exact) mass is 236 g/mol. The van der Waals surface area contributed by atoms with Crippen LogP contribution in [0.5, 0.6) is 5.75 Å². The molecule has 2 heteroatoms. The Morgan fingerprint density at radius 3 is 2.18 bits per heavy atom. The highest BCUT2D eigenvalue weighted by Crippen LogP contribution is 2.28. The van der Waals surface area contributed by atoms with Crippen molar-refractivity contribution in [2.45, 2.75) is 33.1 Å². The molecular weight excluding hydrogens is 212 g/mol. The van der Waals surface area contributed by atoms with Gasteiger partial charge < -0.3 is 9.47 Å². The second kappa shape index (κ2) is 7.33. The molecule has 0 spiro atoms. The lowest BCUT2D eigenvalue weighted by Crippen LogP contribution is -2.06. The first-order valence-electron chi connectivity index (χ1n) is 6.40. The number of ether oxygens (including phenoxy) is 2.